The Labute approximate surface area is 154 Å². The minimum atomic E-state index is 0.0558. The molecule has 0 atom stereocenters. The van der Waals surface area contributed by atoms with Crippen molar-refractivity contribution in [2.45, 2.75) is 72.6 Å². The van der Waals surface area contributed by atoms with Crippen molar-refractivity contribution in [1.29, 1.82) is 0 Å². The van der Waals surface area contributed by atoms with Crippen molar-refractivity contribution >= 4 is 0 Å². The molecule has 2 aromatic rings. The van der Waals surface area contributed by atoms with Crippen LogP contribution in [0.15, 0.2) is 36.4 Å². The molecule has 0 fully saturated rings. The van der Waals surface area contributed by atoms with Gasteiger partial charge in [-0.25, -0.2) is 0 Å². The van der Waals surface area contributed by atoms with Gasteiger partial charge in [-0.3, -0.25) is 0 Å². The Bertz CT molecular complexity index is 687. The normalized spacial score (nSPS) is 12.7. The Balaban J connectivity index is 2.83. The van der Waals surface area contributed by atoms with E-state index in [2.05, 4.69) is 67.5 Å². The first-order valence-electron chi connectivity index (χ1n) is 9.37. The number of aromatic hydroxyl groups is 1. The van der Waals surface area contributed by atoms with E-state index in [0.717, 1.165) is 6.42 Å². The second-order valence-corrected chi connectivity index (χ2v) is 9.71. The number of phenolic OH excluding ortho intramolecular Hbond substituents is 1. The van der Waals surface area contributed by atoms with E-state index in [0.29, 0.717) is 11.7 Å². The topological polar surface area (TPSA) is 20.2 Å². The lowest BCUT2D eigenvalue weighted by molar-refractivity contribution is 0.475. The summed E-state index contributed by atoms with van der Waals surface area (Å²) in [7, 11) is 0. The molecule has 0 spiro atoms. The van der Waals surface area contributed by atoms with Gasteiger partial charge >= 0.3 is 0 Å². The third kappa shape index (κ3) is 4.66. The fourth-order valence-electron chi connectivity index (χ4n) is 3.41. The van der Waals surface area contributed by atoms with E-state index in [1.54, 1.807) is 12.1 Å². The Morgan fingerprint density at radius 1 is 0.800 bits per heavy atom. The highest BCUT2D eigenvalue weighted by Crippen LogP contribution is 2.42. The molecule has 2 aromatic carbocycles. The van der Waals surface area contributed by atoms with Gasteiger partial charge in [-0.2, -0.15) is 0 Å². The van der Waals surface area contributed by atoms with Crippen molar-refractivity contribution in [3.8, 4) is 16.9 Å². The van der Waals surface area contributed by atoms with E-state index >= 15 is 0 Å². The van der Waals surface area contributed by atoms with Gasteiger partial charge in [0.05, 0.1) is 0 Å². The molecule has 0 aliphatic heterocycles. The highest BCUT2D eigenvalue weighted by molar-refractivity contribution is 5.75. The van der Waals surface area contributed by atoms with Gasteiger partial charge in [0.1, 0.15) is 5.75 Å². The van der Waals surface area contributed by atoms with E-state index in [-0.39, 0.29) is 10.8 Å². The monoisotopic (exact) mass is 338 g/mol. The van der Waals surface area contributed by atoms with Gasteiger partial charge in [0.25, 0.3) is 0 Å². The van der Waals surface area contributed by atoms with Crippen LogP contribution in [0, 0.1) is 5.92 Å². The molecular weight excluding hydrogens is 304 g/mol. The lowest BCUT2D eigenvalue weighted by atomic mass is 9.73. The van der Waals surface area contributed by atoms with E-state index in [1.807, 2.05) is 12.1 Å². The zero-order chi connectivity index (χ0) is 19.0. The molecule has 1 heteroatoms. The quantitative estimate of drug-likeness (QED) is 0.648. The first-order chi connectivity index (χ1) is 11.4. The van der Waals surface area contributed by atoms with Gasteiger partial charge in [0.2, 0.25) is 0 Å². The van der Waals surface area contributed by atoms with E-state index in [4.69, 9.17) is 0 Å². The largest absolute Gasteiger partial charge is 0.508 e. The van der Waals surface area contributed by atoms with Gasteiger partial charge in [-0.15, -0.1) is 0 Å². The molecule has 136 valence electrons. The molecule has 0 radical (unpaired) electrons. The molecule has 25 heavy (non-hydrogen) atoms. The van der Waals surface area contributed by atoms with Crippen LogP contribution in [0.4, 0.5) is 0 Å². The number of hydrogen-bond donors (Lipinski definition) is 1. The lowest BCUT2D eigenvalue weighted by Gasteiger charge is -2.32. The summed E-state index contributed by atoms with van der Waals surface area (Å²) in [6, 6.07) is 12.5. The Hall–Kier alpha value is -1.76. The molecule has 1 N–H and O–H groups in total. The fraction of sp³-hybridized carbons (Fsp3) is 0.500. The van der Waals surface area contributed by atoms with Crippen LogP contribution in [-0.4, -0.2) is 5.11 Å². The van der Waals surface area contributed by atoms with Crippen molar-refractivity contribution in [3.63, 3.8) is 0 Å². The predicted octanol–water partition coefficient (Wildman–Crippen LogP) is 6.85. The van der Waals surface area contributed by atoms with Crippen LogP contribution in [0.25, 0.3) is 11.1 Å². The first kappa shape index (κ1) is 19.6. The molecule has 0 saturated carbocycles. The number of rotatable bonds is 3. The molecule has 0 aromatic heterocycles. The minimum Gasteiger partial charge on any atom is -0.508 e. The first-order valence-corrected chi connectivity index (χ1v) is 9.37. The number of hydrogen-bond acceptors (Lipinski definition) is 1. The van der Waals surface area contributed by atoms with Crippen LogP contribution >= 0.6 is 0 Å². The minimum absolute atomic E-state index is 0.0558. The summed E-state index contributed by atoms with van der Waals surface area (Å²) in [4.78, 5) is 0. The smallest absolute Gasteiger partial charge is 0.115 e. The molecule has 0 bridgehead atoms. The second kappa shape index (κ2) is 6.86. The zero-order valence-electron chi connectivity index (χ0n) is 17.2. The predicted molar refractivity (Wildman–Crippen MR) is 109 cm³/mol. The fourth-order valence-corrected chi connectivity index (χ4v) is 3.41. The summed E-state index contributed by atoms with van der Waals surface area (Å²) >= 11 is 0. The third-order valence-electron chi connectivity index (χ3n) is 4.61. The van der Waals surface area contributed by atoms with E-state index < -0.39 is 0 Å². The third-order valence-corrected chi connectivity index (χ3v) is 4.61. The average Bonchev–Trinajstić information content (AvgIpc) is 2.45. The van der Waals surface area contributed by atoms with Crippen molar-refractivity contribution in [3.05, 3.63) is 53.1 Å². The van der Waals surface area contributed by atoms with Gasteiger partial charge < -0.3 is 5.11 Å². The molecule has 0 heterocycles. The van der Waals surface area contributed by atoms with Gasteiger partial charge in [0.15, 0.2) is 0 Å². The van der Waals surface area contributed by atoms with Crippen molar-refractivity contribution in [1.82, 2.24) is 0 Å². The lowest BCUT2D eigenvalue weighted by Crippen LogP contribution is -2.20. The van der Waals surface area contributed by atoms with E-state index in [1.165, 1.54) is 27.8 Å². The van der Waals surface area contributed by atoms with Crippen molar-refractivity contribution < 1.29 is 5.11 Å². The van der Waals surface area contributed by atoms with Crippen molar-refractivity contribution in [2.24, 2.45) is 5.92 Å². The zero-order valence-corrected chi connectivity index (χ0v) is 17.2. The van der Waals surface area contributed by atoms with Crippen LogP contribution in [0.2, 0.25) is 0 Å². The summed E-state index contributed by atoms with van der Waals surface area (Å²) in [6.07, 6.45) is 1.10. The Kier molecular flexibility index (Phi) is 5.37. The van der Waals surface area contributed by atoms with Crippen LogP contribution in [0.1, 0.15) is 72.1 Å². The molecule has 1 nitrogen and oxygen atoms in total. The van der Waals surface area contributed by atoms with Crippen LogP contribution in [0.3, 0.4) is 0 Å². The summed E-state index contributed by atoms with van der Waals surface area (Å²) in [5.41, 5.74) is 6.83. The Morgan fingerprint density at radius 3 is 1.60 bits per heavy atom. The number of phenols is 1. The second-order valence-electron chi connectivity index (χ2n) is 9.71. The summed E-state index contributed by atoms with van der Waals surface area (Å²) < 4.78 is 0. The van der Waals surface area contributed by atoms with Crippen LogP contribution in [0.5, 0.6) is 5.75 Å². The molecule has 2 rings (SSSR count). The van der Waals surface area contributed by atoms with E-state index in [9.17, 15) is 5.11 Å². The summed E-state index contributed by atoms with van der Waals surface area (Å²) in [6.45, 7) is 18.3. The average molecular weight is 339 g/mol. The van der Waals surface area contributed by atoms with Gasteiger partial charge in [-0.1, -0.05) is 79.7 Å². The van der Waals surface area contributed by atoms with Crippen LogP contribution in [-0.2, 0) is 17.3 Å². The highest BCUT2D eigenvalue weighted by Gasteiger charge is 2.27. The maximum Gasteiger partial charge on any atom is 0.115 e. The van der Waals surface area contributed by atoms with Crippen LogP contribution < -0.4 is 0 Å². The van der Waals surface area contributed by atoms with Crippen molar-refractivity contribution in [2.75, 3.05) is 0 Å². The highest BCUT2D eigenvalue weighted by atomic mass is 16.3. The van der Waals surface area contributed by atoms with Gasteiger partial charge in [-0.05, 0) is 63.1 Å². The molecule has 0 aliphatic rings. The molecular formula is C24H34O. The molecule has 0 saturated heterocycles. The van der Waals surface area contributed by atoms with Gasteiger partial charge in [0, 0.05) is 0 Å². The Morgan fingerprint density at radius 2 is 1.24 bits per heavy atom. The maximum atomic E-state index is 9.71. The molecule has 0 amide bonds. The molecule has 0 aliphatic carbocycles. The number of benzene rings is 2. The summed E-state index contributed by atoms with van der Waals surface area (Å²) in [5, 5.41) is 9.71. The SMILES string of the molecule is CC(C)Cc1cc(C(C)(C)C)c(-c2ccc(O)cc2)c(C(C)(C)C)c1. The summed E-state index contributed by atoms with van der Waals surface area (Å²) in [5.74, 6) is 0.954. The standard InChI is InChI=1S/C24H34O/c1-16(2)13-17-14-20(23(3,4)5)22(21(15-17)24(6,7)8)18-9-11-19(25)12-10-18/h9-12,14-16,25H,13H2,1-8H3. The maximum absolute atomic E-state index is 9.71. The molecule has 0 unspecified atom stereocenters.